The molecule has 3 nitrogen and oxygen atoms in total. The van der Waals surface area contributed by atoms with E-state index in [4.69, 9.17) is 10.6 Å². The number of thiol groups is 1. The largest absolute Gasteiger partial charge is 0.378 e. The van der Waals surface area contributed by atoms with Crippen LogP contribution in [-0.2, 0) is 21.3 Å². The van der Waals surface area contributed by atoms with E-state index in [0.717, 1.165) is 13.0 Å². The molecule has 13 heavy (non-hydrogen) atoms. The van der Waals surface area contributed by atoms with Gasteiger partial charge in [-0.05, 0) is 32.5 Å². The van der Waals surface area contributed by atoms with Crippen LogP contribution in [0.15, 0.2) is 0 Å². The first-order valence-corrected chi connectivity index (χ1v) is 5.90. The normalized spacial score (nSPS) is 14.5. The molecule has 0 aromatic rings. The molecule has 0 aliphatic carbocycles. The third kappa shape index (κ3) is 7.31. The minimum absolute atomic E-state index is 0.0118. The highest BCUT2D eigenvalue weighted by atomic mass is 32.2. The summed E-state index contributed by atoms with van der Waals surface area (Å²) in [6.45, 7) is 7.72. The van der Waals surface area contributed by atoms with Crippen molar-refractivity contribution in [3.05, 3.63) is 0 Å². The summed E-state index contributed by atoms with van der Waals surface area (Å²) >= 11 is 1.41. The maximum Gasteiger partial charge on any atom is 0.122 e. The van der Waals surface area contributed by atoms with Gasteiger partial charge in [0.1, 0.15) is 4.75 Å². The first-order valence-electron chi connectivity index (χ1n) is 4.56. The predicted molar refractivity (Wildman–Crippen MR) is 58.9 cm³/mol. The van der Waals surface area contributed by atoms with Crippen molar-refractivity contribution in [1.82, 2.24) is 0 Å². The van der Waals surface area contributed by atoms with Crippen LogP contribution in [0.25, 0.3) is 0 Å². The average molecular weight is 208 g/mol. The van der Waals surface area contributed by atoms with Crippen molar-refractivity contribution >= 4 is 11.8 Å². The second-order valence-electron chi connectivity index (χ2n) is 3.81. The van der Waals surface area contributed by atoms with Crippen LogP contribution in [0.5, 0.6) is 0 Å². The van der Waals surface area contributed by atoms with Gasteiger partial charge < -0.3 is 4.74 Å². The van der Waals surface area contributed by atoms with Crippen molar-refractivity contribution in [3.8, 4) is 0 Å². The van der Waals surface area contributed by atoms with E-state index in [-0.39, 0.29) is 6.10 Å². The fourth-order valence-electron chi connectivity index (χ4n) is 0.722. The fourth-order valence-corrected chi connectivity index (χ4v) is 1.04. The molecule has 0 bridgehead atoms. The maximum absolute atomic E-state index is 5.41. The van der Waals surface area contributed by atoms with Gasteiger partial charge in [-0.25, -0.2) is 5.90 Å². The number of nitrogens with two attached hydrogens (primary N) is 1. The molecule has 0 aromatic heterocycles. The van der Waals surface area contributed by atoms with Crippen molar-refractivity contribution in [1.29, 1.82) is 0 Å². The van der Waals surface area contributed by atoms with Crippen LogP contribution in [0.1, 0.15) is 27.2 Å². The molecule has 0 spiro atoms. The lowest BCUT2D eigenvalue weighted by Crippen LogP contribution is -2.25. The average Bonchev–Trinajstić information content (AvgIpc) is 2.12. The molecule has 0 aliphatic heterocycles. The molecule has 0 saturated heterocycles. The summed E-state index contributed by atoms with van der Waals surface area (Å²) in [7, 11) is 0. The molecule has 0 fully saturated rings. The Labute approximate surface area is 85.3 Å². The number of rotatable bonds is 7. The Morgan fingerprint density at radius 2 is 2.08 bits per heavy atom. The highest BCUT2D eigenvalue weighted by Gasteiger charge is 2.22. The van der Waals surface area contributed by atoms with Crippen LogP contribution < -0.4 is 5.90 Å². The summed E-state index contributed by atoms with van der Waals surface area (Å²) in [6, 6.07) is 0. The van der Waals surface area contributed by atoms with Gasteiger partial charge >= 0.3 is 0 Å². The first-order chi connectivity index (χ1) is 6.02. The van der Waals surface area contributed by atoms with Crippen LogP contribution in [0.2, 0.25) is 0 Å². The van der Waals surface area contributed by atoms with Crippen molar-refractivity contribution in [3.63, 3.8) is 0 Å². The monoisotopic (exact) mass is 208 g/mol. The summed E-state index contributed by atoms with van der Waals surface area (Å²) in [4.78, 5) is 4.58. The highest BCUT2D eigenvalue weighted by Crippen LogP contribution is 2.13. The molecule has 2 N–H and O–H groups in total. The van der Waals surface area contributed by atoms with E-state index in [1.807, 2.05) is 6.92 Å². The maximum atomic E-state index is 5.41. The Morgan fingerprint density at radius 1 is 1.46 bits per heavy atom. The van der Waals surface area contributed by atoms with Crippen LogP contribution in [0.3, 0.4) is 0 Å². The van der Waals surface area contributed by atoms with Crippen LogP contribution in [0, 0.1) is 0 Å². The van der Waals surface area contributed by atoms with E-state index in [9.17, 15) is 0 Å². The van der Waals surface area contributed by atoms with Gasteiger partial charge in [0.05, 0.1) is 25.6 Å². The SMILES string of the molecule is C[SH+]C(C)(C)CCOCC(C)ON. The molecule has 0 aromatic carbocycles. The van der Waals surface area contributed by atoms with Crippen LogP contribution >= 0.6 is 0 Å². The smallest absolute Gasteiger partial charge is 0.122 e. The molecule has 0 heterocycles. The predicted octanol–water partition coefficient (Wildman–Crippen LogP) is 0.895. The standard InChI is InChI=1S/C9H21NO2S/c1-8(12-10)7-11-6-5-9(2,3)13-4/h8H,5-7,10H2,1-4H3/p+1. The molecule has 80 valence electrons. The summed E-state index contributed by atoms with van der Waals surface area (Å²) in [6.07, 6.45) is 3.23. The molecule has 0 radical (unpaired) electrons. The van der Waals surface area contributed by atoms with E-state index in [1.165, 1.54) is 11.8 Å². The summed E-state index contributed by atoms with van der Waals surface area (Å²) in [5.41, 5.74) is 0. The molecule has 0 saturated carbocycles. The van der Waals surface area contributed by atoms with E-state index >= 15 is 0 Å². The van der Waals surface area contributed by atoms with Crippen LogP contribution in [0.4, 0.5) is 0 Å². The van der Waals surface area contributed by atoms with Gasteiger partial charge in [-0.15, -0.1) is 0 Å². The Kier molecular flexibility index (Phi) is 6.77. The zero-order valence-electron chi connectivity index (χ0n) is 9.04. The minimum Gasteiger partial charge on any atom is -0.378 e. The first kappa shape index (κ1) is 13.2. The van der Waals surface area contributed by atoms with E-state index in [2.05, 4.69) is 24.9 Å². The van der Waals surface area contributed by atoms with E-state index in [1.54, 1.807) is 0 Å². The van der Waals surface area contributed by atoms with Gasteiger partial charge in [-0.1, -0.05) is 0 Å². The number of hydrogen-bond acceptors (Lipinski definition) is 3. The van der Waals surface area contributed by atoms with Gasteiger partial charge in [0.15, 0.2) is 0 Å². The molecule has 1 unspecified atom stereocenters. The molecule has 4 heteroatoms. The second kappa shape index (κ2) is 6.65. The third-order valence-electron chi connectivity index (χ3n) is 2.05. The van der Waals surface area contributed by atoms with Gasteiger partial charge in [-0.2, -0.15) is 0 Å². The summed E-state index contributed by atoms with van der Waals surface area (Å²) in [5.74, 6) is 4.98. The quantitative estimate of drug-likeness (QED) is 0.292. The van der Waals surface area contributed by atoms with Crippen LogP contribution in [-0.4, -0.2) is 30.3 Å². The van der Waals surface area contributed by atoms with Gasteiger partial charge in [0.25, 0.3) is 0 Å². The van der Waals surface area contributed by atoms with E-state index in [0.29, 0.717) is 11.4 Å². The minimum atomic E-state index is -0.0118. The molecule has 0 aliphatic rings. The lowest BCUT2D eigenvalue weighted by atomic mass is 10.1. The highest BCUT2D eigenvalue weighted by molar-refractivity contribution is 7.79. The second-order valence-corrected chi connectivity index (χ2v) is 5.47. The Morgan fingerprint density at radius 3 is 2.54 bits per heavy atom. The fraction of sp³-hybridized carbons (Fsp3) is 1.00. The lowest BCUT2D eigenvalue weighted by molar-refractivity contribution is -0.00912. The van der Waals surface area contributed by atoms with Gasteiger partial charge in [0, 0.05) is 6.42 Å². The number of ether oxygens (including phenoxy) is 1. The zero-order chi connectivity index (χ0) is 10.3. The van der Waals surface area contributed by atoms with Crippen molar-refractivity contribution in [2.45, 2.75) is 38.0 Å². The van der Waals surface area contributed by atoms with Crippen molar-refractivity contribution in [2.24, 2.45) is 5.90 Å². The van der Waals surface area contributed by atoms with Gasteiger partial charge in [-0.3, -0.25) is 4.84 Å². The Hall–Kier alpha value is 0.230. The molecule has 0 rings (SSSR count). The zero-order valence-corrected chi connectivity index (χ0v) is 9.93. The van der Waals surface area contributed by atoms with Crippen molar-refractivity contribution in [2.75, 3.05) is 19.5 Å². The molecule has 0 amide bonds. The Bertz CT molecular complexity index is 131. The number of hydrogen-bond donors (Lipinski definition) is 1. The van der Waals surface area contributed by atoms with Gasteiger partial charge in [0.2, 0.25) is 0 Å². The van der Waals surface area contributed by atoms with Crippen molar-refractivity contribution < 1.29 is 9.57 Å². The lowest BCUT2D eigenvalue weighted by Gasteiger charge is -2.15. The summed E-state index contributed by atoms with van der Waals surface area (Å²) in [5, 5.41) is 0. The topological polar surface area (TPSA) is 44.5 Å². The summed E-state index contributed by atoms with van der Waals surface area (Å²) < 4.78 is 5.77. The third-order valence-corrected chi connectivity index (χ3v) is 3.48. The molecule has 1 atom stereocenters. The molecular weight excluding hydrogens is 186 g/mol. The molecular formula is C9H22NO2S+. The van der Waals surface area contributed by atoms with E-state index < -0.39 is 0 Å². The Balaban J connectivity index is 3.35.